The zero-order valence-electron chi connectivity index (χ0n) is 15.1. The van der Waals surface area contributed by atoms with Gasteiger partial charge in [-0.25, -0.2) is 0 Å². The molecule has 0 saturated heterocycles. The number of rotatable bonds is 9. The maximum absolute atomic E-state index is 10.5. The molecule has 0 heterocycles. The molecule has 0 radical (unpaired) electrons. The summed E-state index contributed by atoms with van der Waals surface area (Å²) in [7, 11) is 0. The molecule has 2 heteroatoms. The molecule has 21 heavy (non-hydrogen) atoms. The second-order valence-electron chi connectivity index (χ2n) is 8.00. The summed E-state index contributed by atoms with van der Waals surface area (Å²) >= 11 is 0. The molecule has 0 aromatic carbocycles. The van der Waals surface area contributed by atoms with Crippen LogP contribution in [0.15, 0.2) is 0 Å². The van der Waals surface area contributed by atoms with Crippen LogP contribution in [0.3, 0.4) is 0 Å². The Morgan fingerprint density at radius 1 is 1.00 bits per heavy atom. The van der Waals surface area contributed by atoms with Gasteiger partial charge in [-0.05, 0) is 62.9 Å². The van der Waals surface area contributed by atoms with Gasteiger partial charge in [-0.1, -0.05) is 47.5 Å². The standard InChI is InChI=1S/C19H39NO/c1-6-7-17-8-9-19(21)18(14-17)20(12-10-15(2)3)13-11-16(4)5/h15-19,21H,6-14H2,1-5H3. The van der Waals surface area contributed by atoms with Crippen LogP contribution in [-0.4, -0.2) is 35.2 Å². The molecule has 0 spiro atoms. The Kier molecular flexibility index (Phi) is 8.89. The Hall–Kier alpha value is -0.0800. The highest BCUT2D eigenvalue weighted by molar-refractivity contribution is 4.87. The highest BCUT2D eigenvalue weighted by Crippen LogP contribution is 2.31. The fraction of sp³-hybridized carbons (Fsp3) is 1.00. The lowest BCUT2D eigenvalue weighted by atomic mass is 9.80. The van der Waals surface area contributed by atoms with Gasteiger partial charge in [0, 0.05) is 6.04 Å². The predicted molar refractivity (Wildman–Crippen MR) is 92.5 cm³/mol. The van der Waals surface area contributed by atoms with E-state index in [-0.39, 0.29) is 6.10 Å². The van der Waals surface area contributed by atoms with Gasteiger partial charge in [0.25, 0.3) is 0 Å². The molecule has 0 aromatic heterocycles. The van der Waals surface area contributed by atoms with Crippen LogP contribution in [0, 0.1) is 17.8 Å². The molecule has 1 rings (SSSR count). The van der Waals surface area contributed by atoms with E-state index in [1.807, 2.05) is 0 Å². The summed E-state index contributed by atoms with van der Waals surface area (Å²) in [5, 5.41) is 10.5. The Morgan fingerprint density at radius 3 is 2.05 bits per heavy atom. The molecule has 0 aromatic rings. The average molecular weight is 298 g/mol. The van der Waals surface area contributed by atoms with Gasteiger partial charge in [-0.15, -0.1) is 0 Å². The van der Waals surface area contributed by atoms with Crippen LogP contribution >= 0.6 is 0 Å². The summed E-state index contributed by atoms with van der Waals surface area (Å²) in [5.74, 6) is 2.33. The van der Waals surface area contributed by atoms with Gasteiger partial charge in [0.05, 0.1) is 6.10 Å². The largest absolute Gasteiger partial charge is 0.391 e. The molecule has 3 atom stereocenters. The molecule has 1 aliphatic carbocycles. The molecule has 3 unspecified atom stereocenters. The minimum absolute atomic E-state index is 0.0996. The second-order valence-corrected chi connectivity index (χ2v) is 8.00. The Labute approximate surface area is 133 Å². The molecule has 1 aliphatic rings. The quantitative estimate of drug-likeness (QED) is 0.666. The van der Waals surface area contributed by atoms with Crippen molar-refractivity contribution in [3.63, 3.8) is 0 Å². The smallest absolute Gasteiger partial charge is 0.0695 e. The van der Waals surface area contributed by atoms with Crippen LogP contribution in [0.25, 0.3) is 0 Å². The van der Waals surface area contributed by atoms with E-state index in [4.69, 9.17) is 0 Å². The van der Waals surface area contributed by atoms with E-state index in [9.17, 15) is 5.11 Å². The minimum Gasteiger partial charge on any atom is -0.391 e. The molecule has 1 saturated carbocycles. The highest BCUT2D eigenvalue weighted by atomic mass is 16.3. The lowest BCUT2D eigenvalue weighted by Crippen LogP contribution is -2.48. The van der Waals surface area contributed by atoms with Crippen molar-refractivity contribution < 1.29 is 5.11 Å². The fourth-order valence-electron chi connectivity index (χ4n) is 3.57. The van der Waals surface area contributed by atoms with Crippen LogP contribution in [-0.2, 0) is 0 Å². The molecular weight excluding hydrogens is 258 g/mol. The Morgan fingerprint density at radius 2 is 1.57 bits per heavy atom. The van der Waals surface area contributed by atoms with Crippen LogP contribution in [0.5, 0.6) is 0 Å². The Bertz CT molecular complexity index is 252. The number of hydrogen-bond acceptors (Lipinski definition) is 2. The average Bonchev–Trinajstić information content (AvgIpc) is 2.41. The third-order valence-electron chi connectivity index (χ3n) is 5.04. The first-order chi connectivity index (χ1) is 9.93. The molecule has 0 aliphatic heterocycles. The molecule has 0 bridgehead atoms. The van der Waals surface area contributed by atoms with Crippen molar-refractivity contribution in [2.45, 2.75) is 91.7 Å². The maximum Gasteiger partial charge on any atom is 0.0695 e. The summed E-state index contributed by atoms with van der Waals surface area (Å²) in [6.07, 6.45) is 8.47. The summed E-state index contributed by atoms with van der Waals surface area (Å²) in [6.45, 7) is 13.8. The predicted octanol–water partition coefficient (Wildman–Crippen LogP) is 4.71. The van der Waals surface area contributed by atoms with Gasteiger partial charge in [-0.2, -0.15) is 0 Å². The van der Waals surface area contributed by atoms with Crippen molar-refractivity contribution in [3.05, 3.63) is 0 Å². The number of aliphatic hydroxyl groups is 1. The van der Waals surface area contributed by atoms with Crippen molar-refractivity contribution in [1.82, 2.24) is 4.90 Å². The third-order valence-corrected chi connectivity index (χ3v) is 5.04. The van der Waals surface area contributed by atoms with Gasteiger partial charge in [0.15, 0.2) is 0 Å². The SMILES string of the molecule is CCCC1CCC(O)C(N(CCC(C)C)CCC(C)C)C1. The zero-order valence-corrected chi connectivity index (χ0v) is 15.1. The minimum atomic E-state index is -0.0996. The first-order valence-electron chi connectivity index (χ1n) is 9.36. The molecule has 0 amide bonds. The van der Waals surface area contributed by atoms with E-state index in [1.54, 1.807) is 0 Å². The molecule has 126 valence electrons. The van der Waals surface area contributed by atoms with Crippen LogP contribution in [0.2, 0.25) is 0 Å². The molecule has 1 N–H and O–H groups in total. The highest BCUT2D eigenvalue weighted by Gasteiger charge is 2.32. The van der Waals surface area contributed by atoms with Gasteiger partial charge < -0.3 is 5.11 Å². The van der Waals surface area contributed by atoms with Crippen molar-refractivity contribution in [1.29, 1.82) is 0 Å². The summed E-state index contributed by atoms with van der Waals surface area (Å²) in [6, 6.07) is 0.410. The molecule has 1 fully saturated rings. The second kappa shape index (κ2) is 9.84. The third kappa shape index (κ3) is 7.15. The first-order valence-corrected chi connectivity index (χ1v) is 9.36. The zero-order chi connectivity index (χ0) is 15.8. The van der Waals surface area contributed by atoms with Crippen molar-refractivity contribution in [2.75, 3.05) is 13.1 Å². The maximum atomic E-state index is 10.5. The summed E-state index contributed by atoms with van der Waals surface area (Å²) in [5.41, 5.74) is 0. The number of hydrogen-bond donors (Lipinski definition) is 1. The first kappa shape index (κ1) is 19.0. The van der Waals surface area contributed by atoms with Gasteiger partial charge in [0.1, 0.15) is 0 Å². The lowest BCUT2D eigenvalue weighted by Gasteiger charge is -2.41. The summed E-state index contributed by atoms with van der Waals surface area (Å²) in [4.78, 5) is 2.62. The normalized spacial score (nSPS) is 27.0. The molecular formula is C19H39NO. The lowest BCUT2D eigenvalue weighted by molar-refractivity contribution is -0.00193. The topological polar surface area (TPSA) is 23.5 Å². The van der Waals surface area contributed by atoms with E-state index in [2.05, 4.69) is 39.5 Å². The van der Waals surface area contributed by atoms with Gasteiger partial charge in [-0.3, -0.25) is 4.90 Å². The van der Waals surface area contributed by atoms with E-state index in [0.717, 1.165) is 37.3 Å². The van der Waals surface area contributed by atoms with Crippen molar-refractivity contribution >= 4 is 0 Å². The molecule has 2 nitrogen and oxygen atoms in total. The van der Waals surface area contributed by atoms with E-state index in [0.29, 0.717) is 6.04 Å². The fourth-order valence-corrected chi connectivity index (χ4v) is 3.57. The van der Waals surface area contributed by atoms with E-state index in [1.165, 1.54) is 38.5 Å². The van der Waals surface area contributed by atoms with E-state index >= 15 is 0 Å². The van der Waals surface area contributed by atoms with Crippen LogP contribution < -0.4 is 0 Å². The van der Waals surface area contributed by atoms with Crippen LogP contribution in [0.4, 0.5) is 0 Å². The van der Waals surface area contributed by atoms with Crippen molar-refractivity contribution in [3.8, 4) is 0 Å². The van der Waals surface area contributed by atoms with Gasteiger partial charge >= 0.3 is 0 Å². The summed E-state index contributed by atoms with van der Waals surface area (Å²) < 4.78 is 0. The number of nitrogens with zero attached hydrogens (tertiary/aromatic N) is 1. The van der Waals surface area contributed by atoms with Gasteiger partial charge in [0.2, 0.25) is 0 Å². The Balaban J connectivity index is 2.63. The monoisotopic (exact) mass is 297 g/mol. The van der Waals surface area contributed by atoms with Crippen molar-refractivity contribution in [2.24, 2.45) is 17.8 Å². The van der Waals surface area contributed by atoms with E-state index < -0.39 is 0 Å². The number of aliphatic hydroxyl groups excluding tert-OH is 1. The van der Waals surface area contributed by atoms with Crippen LogP contribution in [0.1, 0.15) is 79.6 Å².